The molecular formula is C14H10N10O4. The molecule has 7 rings (SSSR count). The van der Waals surface area contributed by atoms with Crippen molar-refractivity contribution in [3.63, 3.8) is 0 Å². The highest BCUT2D eigenvalue weighted by atomic mass is 16.2. The zero-order chi connectivity index (χ0) is 19.2. The van der Waals surface area contributed by atoms with Gasteiger partial charge in [-0.25, -0.2) is 9.80 Å². The maximum absolute atomic E-state index is 13.0. The first-order chi connectivity index (χ1) is 13.6. The maximum Gasteiger partial charge on any atom is 0.279 e. The van der Waals surface area contributed by atoms with Gasteiger partial charge in [-0.1, -0.05) is 22.3 Å². The Hall–Kier alpha value is -3.84. The summed E-state index contributed by atoms with van der Waals surface area (Å²) in [6.07, 6.45) is 3.51. The fourth-order valence-corrected chi connectivity index (χ4v) is 5.12. The number of anilines is 2. The second-order valence-electron chi connectivity index (χ2n) is 7.09. The van der Waals surface area contributed by atoms with Crippen LogP contribution in [0.15, 0.2) is 12.2 Å². The molecular weight excluding hydrogens is 372 g/mol. The number of hydrogen-bond donors (Lipinski definition) is 2. The standard InChI is InChI=1S/C14H10N10O4/c25-9-5-3-1-2-4(7(5)11(27)23(9)13-15-19-20-16-13)8-6(3)10(26)24(12(8)28)14-17-21-22-18-14/h1-8H,(H,15,16,19,20)(H,17,18,21,22)/t3?,4?,5-,6-,7-,8+/m1/s1. The Morgan fingerprint density at radius 2 is 1.00 bits per heavy atom. The average Bonchev–Trinajstić information content (AvgIpc) is 3.46. The van der Waals surface area contributed by atoms with Crippen molar-refractivity contribution in [2.24, 2.45) is 35.5 Å². The first kappa shape index (κ1) is 15.2. The summed E-state index contributed by atoms with van der Waals surface area (Å²) >= 11 is 0. The van der Waals surface area contributed by atoms with E-state index < -0.39 is 59.1 Å². The van der Waals surface area contributed by atoms with Gasteiger partial charge in [-0.2, -0.15) is 10.4 Å². The largest absolute Gasteiger partial charge is 0.279 e. The number of nitrogens with zero attached hydrogens (tertiary/aromatic N) is 8. The summed E-state index contributed by atoms with van der Waals surface area (Å²) in [5, 5.41) is 26.1. The quantitative estimate of drug-likeness (QED) is 0.413. The number of carbonyl (C=O) groups excluding carboxylic acids is 4. The Bertz CT molecular complexity index is 934. The summed E-state index contributed by atoms with van der Waals surface area (Å²) in [5.74, 6) is -6.48. The van der Waals surface area contributed by atoms with Gasteiger partial charge >= 0.3 is 0 Å². The van der Waals surface area contributed by atoms with Crippen LogP contribution in [0.5, 0.6) is 0 Å². The van der Waals surface area contributed by atoms with Crippen molar-refractivity contribution in [1.82, 2.24) is 41.2 Å². The number of imide groups is 2. The smallest absolute Gasteiger partial charge is 0.274 e. The molecule has 140 valence electrons. The molecule has 4 heterocycles. The molecule has 2 saturated heterocycles. The molecule has 1 saturated carbocycles. The Kier molecular flexibility index (Phi) is 2.67. The Morgan fingerprint density at radius 3 is 1.29 bits per heavy atom. The monoisotopic (exact) mass is 382 g/mol. The van der Waals surface area contributed by atoms with Crippen molar-refractivity contribution in [2.45, 2.75) is 0 Å². The number of amides is 4. The third kappa shape index (κ3) is 1.58. The molecule has 2 aliphatic heterocycles. The summed E-state index contributed by atoms with van der Waals surface area (Å²) in [7, 11) is 0. The van der Waals surface area contributed by atoms with Gasteiger partial charge in [0.25, 0.3) is 11.9 Å². The van der Waals surface area contributed by atoms with E-state index in [2.05, 4.69) is 41.2 Å². The molecule has 0 aromatic carbocycles. The molecule has 2 unspecified atom stereocenters. The van der Waals surface area contributed by atoms with Gasteiger partial charge in [-0.15, -0.1) is 10.2 Å². The number of hydrogen-bond acceptors (Lipinski definition) is 10. The van der Waals surface area contributed by atoms with Crippen LogP contribution in [0.3, 0.4) is 0 Å². The van der Waals surface area contributed by atoms with E-state index in [9.17, 15) is 19.2 Å². The molecule has 0 spiro atoms. The lowest BCUT2D eigenvalue weighted by Crippen LogP contribution is -2.50. The molecule has 3 aliphatic carbocycles. The molecule has 14 nitrogen and oxygen atoms in total. The van der Waals surface area contributed by atoms with Crippen LogP contribution in [0.25, 0.3) is 0 Å². The molecule has 5 aliphatic rings. The molecule has 3 fully saturated rings. The van der Waals surface area contributed by atoms with Gasteiger partial charge in [0.2, 0.25) is 23.6 Å². The molecule has 4 amide bonds. The molecule has 14 heteroatoms. The number of allylic oxidation sites excluding steroid dienone is 2. The van der Waals surface area contributed by atoms with Crippen molar-refractivity contribution < 1.29 is 19.2 Å². The van der Waals surface area contributed by atoms with Gasteiger partial charge in [0.15, 0.2) is 0 Å². The van der Waals surface area contributed by atoms with Gasteiger partial charge in [0.05, 0.1) is 23.7 Å². The molecule has 2 aromatic rings. The average molecular weight is 382 g/mol. The lowest BCUT2D eigenvalue weighted by atomic mass is 9.54. The molecule has 2 aromatic heterocycles. The molecule has 6 atom stereocenters. The van der Waals surface area contributed by atoms with Crippen LogP contribution in [-0.2, 0) is 19.2 Å². The van der Waals surface area contributed by atoms with Crippen LogP contribution in [0.4, 0.5) is 11.9 Å². The minimum atomic E-state index is -0.760. The van der Waals surface area contributed by atoms with Gasteiger partial charge in [0.1, 0.15) is 0 Å². The SMILES string of the molecule is O=C1[C@@H]2C3C=CC([C@H]2C(=O)N1c1nn[nH]n1)[C@@H]1C(=O)N(c2nn[nH]n2)C(=O)[C@H]31. The van der Waals surface area contributed by atoms with E-state index in [0.29, 0.717) is 0 Å². The topological polar surface area (TPSA) is 184 Å². The first-order valence-corrected chi connectivity index (χ1v) is 8.50. The third-order valence-corrected chi connectivity index (χ3v) is 6.08. The second-order valence-corrected chi connectivity index (χ2v) is 7.09. The van der Waals surface area contributed by atoms with E-state index in [1.807, 2.05) is 0 Å². The van der Waals surface area contributed by atoms with Crippen LogP contribution in [0.2, 0.25) is 0 Å². The van der Waals surface area contributed by atoms with Crippen molar-refractivity contribution in [2.75, 3.05) is 9.80 Å². The predicted molar refractivity (Wildman–Crippen MR) is 83.4 cm³/mol. The fourth-order valence-electron chi connectivity index (χ4n) is 5.12. The summed E-state index contributed by atoms with van der Waals surface area (Å²) in [6, 6.07) is 0. The van der Waals surface area contributed by atoms with E-state index in [1.165, 1.54) is 0 Å². The van der Waals surface area contributed by atoms with Gasteiger partial charge in [-0.3, -0.25) is 19.2 Å². The van der Waals surface area contributed by atoms with E-state index in [1.54, 1.807) is 12.2 Å². The van der Waals surface area contributed by atoms with E-state index in [-0.39, 0.29) is 11.9 Å². The Labute approximate surface area is 154 Å². The van der Waals surface area contributed by atoms with Gasteiger partial charge in [0, 0.05) is 11.8 Å². The van der Waals surface area contributed by atoms with Crippen molar-refractivity contribution in [3.8, 4) is 0 Å². The highest BCUT2D eigenvalue weighted by molar-refractivity contribution is 6.25. The number of aromatic nitrogens is 8. The molecule has 0 radical (unpaired) electrons. The summed E-state index contributed by atoms with van der Waals surface area (Å²) in [5.41, 5.74) is 0. The minimum absolute atomic E-state index is 0.139. The maximum atomic E-state index is 13.0. The molecule has 28 heavy (non-hydrogen) atoms. The lowest BCUT2D eigenvalue weighted by Gasteiger charge is -2.44. The summed E-state index contributed by atoms with van der Waals surface area (Å²) < 4.78 is 0. The number of carbonyl (C=O) groups is 4. The summed E-state index contributed by atoms with van der Waals surface area (Å²) in [6.45, 7) is 0. The number of rotatable bonds is 2. The first-order valence-electron chi connectivity index (χ1n) is 8.50. The van der Waals surface area contributed by atoms with Crippen molar-refractivity contribution in [1.29, 1.82) is 0 Å². The number of tetrazole rings is 2. The van der Waals surface area contributed by atoms with Crippen LogP contribution in [0.1, 0.15) is 0 Å². The Balaban J connectivity index is 1.44. The van der Waals surface area contributed by atoms with Crippen LogP contribution in [0, 0.1) is 35.5 Å². The van der Waals surface area contributed by atoms with Crippen molar-refractivity contribution >= 4 is 35.5 Å². The fraction of sp³-hybridized carbons (Fsp3) is 0.429. The number of H-pyrrole nitrogens is 2. The van der Waals surface area contributed by atoms with E-state index in [4.69, 9.17) is 0 Å². The molecule has 2 bridgehead atoms. The van der Waals surface area contributed by atoms with Crippen LogP contribution >= 0.6 is 0 Å². The number of aromatic amines is 2. The summed E-state index contributed by atoms with van der Waals surface area (Å²) in [4.78, 5) is 53.9. The van der Waals surface area contributed by atoms with E-state index in [0.717, 1.165) is 9.80 Å². The number of nitrogens with one attached hydrogen (secondary N) is 2. The second kappa shape index (κ2) is 4.90. The van der Waals surface area contributed by atoms with Gasteiger partial charge < -0.3 is 0 Å². The zero-order valence-electron chi connectivity index (χ0n) is 13.8. The molecule has 2 N–H and O–H groups in total. The predicted octanol–water partition coefficient (Wildman–Crippen LogP) is -2.56. The lowest BCUT2D eigenvalue weighted by molar-refractivity contribution is -0.137. The van der Waals surface area contributed by atoms with Gasteiger partial charge in [-0.05, 0) is 10.4 Å². The Morgan fingerprint density at radius 1 is 0.643 bits per heavy atom. The van der Waals surface area contributed by atoms with Crippen molar-refractivity contribution in [3.05, 3.63) is 12.2 Å². The third-order valence-electron chi connectivity index (χ3n) is 6.08. The zero-order valence-corrected chi connectivity index (χ0v) is 13.8. The highest BCUT2D eigenvalue weighted by Crippen LogP contribution is 2.58. The normalized spacial score (nSPS) is 35.9. The van der Waals surface area contributed by atoms with E-state index >= 15 is 0 Å². The van der Waals surface area contributed by atoms with Crippen LogP contribution < -0.4 is 9.80 Å². The highest BCUT2D eigenvalue weighted by Gasteiger charge is 2.69. The minimum Gasteiger partial charge on any atom is -0.274 e. The van der Waals surface area contributed by atoms with Crippen LogP contribution in [-0.4, -0.2) is 64.9 Å².